The van der Waals surface area contributed by atoms with Crippen LogP contribution in [0.25, 0.3) is 16.7 Å². The first-order valence-electron chi connectivity index (χ1n) is 19.0. The summed E-state index contributed by atoms with van der Waals surface area (Å²) in [6.45, 7) is 2.63. The summed E-state index contributed by atoms with van der Waals surface area (Å²) in [5, 5.41) is 13.4. The van der Waals surface area contributed by atoms with Gasteiger partial charge < -0.3 is 15.1 Å². The zero-order valence-corrected chi connectivity index (χ0v) is 30.9. The smallest absolute Gasteiger partial charge is 0.329 e. The Morgan fingerprint density at radius 1 is 1.04 bits per heavy atom. The molecule has 290 valence electrons. The van der Waals surface area contributed by atoms with Gasteiger partial charge >= 0.3 is 5.69 Å². The summed E-state index contributed by atoms with van der Waals surface area (Å²) in [5.74, 6) is -0.826. The zero-order chi connectivity index (χ0) is 38.4. The van der Waals surface area contributed by atoms with E-state index in [9.17, 15) is 28.0 Å². The molecule has 15 nitrogen and oxygen atoms in total. The number of imidazole rings is 1. The molecule has 5 aromatic rings. The molecule has 6 heterocycles. The maximum absolute atomic E-state index is 14.0. The predicted octanol–water partition coefficient (Wildman–Crippen LogP) is 4.47. The second-order valence-electron chi connectivity index (χ2n) is 15.1. The first kappa shape index (κ1) is 36.5. The van der Waals surface area contributed by atoms with Crippen LogP contribution in [-0.2, 0) is 16.6 Å². The Labute approximate surface area is 315 Å². The van der Waals surface area contributed by atoms with Crippen LogP contribution >= 0.6 is 0 Å². The molecule has 8 rings (SSSR count). The van der Waals surface area contributed by atoms with Crippen molar-refractivity contribution in [2.45, 2.75) is 82.3 Å². The van der Waals surface area contributed by atoms with E-state index in [-0.39, 0.29) is 35.4 Å². The van der Waals surface area contributed by atoms with Gasteiger partial charge in [0, 0.05) is 57.3 Å². The number of nitrogens with one attached hydrogen (secondary N) is 2. The van der Waals surface area contributed by atoms with Crippen molar-refractivity contribution in [2.24, 2.45) is 13.0 Å². The van der Waals surface area contributed by atoms with Gasteiger partial charge in [0.15, 0.2) is 17.0 Å². The monoisotopic (exact) mass is 757 g/mol. The summed E-state index contributed by atoms with van der Waals surface area (Å²) in [6, 6.07) is 8.70. The van der Waals surface area contributed by atoms with E-state index < -0.39 is 30.0 Å². The number of carbonyl (C=O) groups is 3. The van der Waals surface area contributed by atoms with Gasteiger partial charge in [0.2, 0.25) is 11.8 Å². The fourth-order valence-electron chi connectivity index (χ4n) is 8.69. The molecule has 4 aromatic heterocycles. The number of imide groups is 1. The Kier molecular flexibility index (Phi) is 9.96. The first-order valence-corrected chi connectivity index (χ1v) is 19.0. The first-order chi connectivity index (χ1) is 26.5. The van der Waals surface area contributed by atoms with Crippen molar-refractivity contribution < 1.29 is 23.2 Å². The van der Waals surface area contributed by atoms with Gasteiger partial charge in [0.05, 0.1) is 28.5 Å². The third-order valence-corrected chi connectivity index (χ3v) is 11.8. The van der Waals surface area contributed by atoms with E-state index in [1.54, 1.807) is 34.8 Å². The Morgan fingerprint density at radius 3 is 2.55 bits per heavy atom. The number of benzene rings is 1. The van der Waals surface area contributed by atoms with Crippen LogP contribution < -0.4 is 21.2 Å². The number of piperidine rings is 2. The van der Waals surface area contributed by atoms with Gasteiger partial charge in [0.25, 0.3) is 12.3 Å². The van der Waals surface area contributed by atoms with Gasteiger partial charge in [0.1, 0.15) is 6.04 Å². The van der Waals surface area contributed by atoms with E-state index in [1.807, 2.05) is 18.2 Å². The lowest BCUT2D eigenvalue weighted by Crippen LogP contribution is -2.44. The van der Waals surface area contributed by atoms with E-state index in [1.165, 1.54) is 21.3 Å². The van der Waals surface area contributed by atoms with Crippen LogP contribution in [-0.4, -0.2) is 88.9 Å². The number of hydrogen-bond donors (Lipinski definition) is 2. The van der Waals surface area contributed by atoms with Crippen molar-refractivity contribution in [3.63, 3.8) is 0 Å². The second-order valence-corrected chi connectivity index (χ2v) is 15.1. The predicted molar refractivity (Wildman–Crippen MR) is 200 cm³/mol. The fourth-order valence-corrected chi connectivity index (χ4v) is 8.69. The molecule has 55 heavy (non-hydrogen) atoms. The van der Waals surface area contributed by atoms with Crippen LogP contribution in [0.2, 0.25) is 0 Å². The maximum Gasteiger partial charge on any atom is 0.329 e. The quantitative estimate of drug-likeness (QED) is 0.196. The van der Waals surface area contributed by atoms with Gasteiger partial charge in [-0.1, -0.05) is 6.07 Å². The SMILES string of the molecule is CN(CC[C@H]1CC[C@H](n2cc(NC(=O)c3cc4ncccn4n3)c(C(F)F)n2)CC1)C1CCN(c2cccc3c2n(C)c(=O)n3C2CCC(=O)NC2=O)CC1. The average molecular weight is 758 g/mol. The molecular weight excluding hydrogens is 712 g/mol. The van der Waals surface area contributed by atoms with Crippen LogP contribution in [0.3, 0.4) is 0 Å². The van der Waals surface area contributed by atoms with Crippen molar-refractivity contribution in [3.8, 4) is 0 Å². The number of anilines is 2. The lowest BCUT2D eigenvalue weighted by molar-refractivity contribution is -0.135. The molecule has 1 atom stereocenters. The molecule has 3 fully saturated rings. The molecule has 1 aromatic carbocycles. The molecular formula is C38H45F2N11O4. The number of aryl methyl sites for hydroxylation is 1. The molecule has 0 spiro atoms. The Hall–Kier alpha value is -5.45. The number of amides is 3. The number of rotatable bonds is 10. The Morgan fingerprint density at radius 2 is 1.82 bits per heavy atom. The third-order valence-electron chi connectivity index (χ3n) is 11.8. The van der Waals surface area contributed by atoms with Crippen molar-refractivity contribution in [1.82, 2.24) is 43.7 Å². The highest BCUT2D eigenvalue weighted by molar-refractivity contribution is 6.04. The second kappa shape index (κ2) is 15.0. The van der Waals surface area contributed by atoms with E-state index in [0.717, 1.165) is 75.8 Å². The van der Waals surface area contributed by atoms with Gasteiger partial charge in [-0.05, 0) is 89.1 Å². The van der Waals surface area contributed by atoms with Crippen LogP contribution in [0.4, 0.5) is 20.2 Å². The van der Waals surface area contributed by atoms with Crippen molar-refractivity contribution >= 4 is 45.8 Å². The number of para-hydroxylation sites is 1. The molecule has 17 heteroatoms. The van der Waals surface area contributed by atoms with Crippen molar-refractivity contribution in [3.05, 3.63) is 70.8 Å². The number of aromatic nitrogens is 7. The van der Waals surface area contributed by atoms with Crippen molar-refractivity contribution in [1.29, 1.82) is 0 Å². The average Bonchev–Trinajstić information content (AvgIpc) is 3.89. The van der Waals surface area contributed by atoms with Crippen LogP contribution in [0.5, 0.6) is 0 Å². The van der Waals surface area contributed by atoms with Gasteiger partial charge in [-0.15, -0.1) is 0 Å². The standard InChI is InChI=1S/C38H45F2N11O4/c1-46(24-14-19-48(20-15-24)28-5-3-6-29-34(28)47(2)38(55)51(29)30-11-12-32(52)43-37(30)54)18-13-23-7-9-25(10-8-23)50-22-27(33(45-50)35(39)40)42-36(53)26-21-31-41-16-4-17-49(31)44-26/h3-6,16-17,21-25,30,35H,7-15,18-20H2,1-2H3,(H,42,53)(H,43,52,54)/t23-,25-,30?. The minimum Gasteiger partial charge on any atom is -0.370 e. The van der Waals surface area contributed by atoms with Crippen LogP contribution in [0.1, 0.15) is 92.5 Å². The van der Waals surface area contributed by atoms with E-state index in [0.29, 0.717) is 29.5 Å². The number of hydrogen-bond acceptors (Lipinski definition) is 9. The maximum atomic E-state index is 14.0. The molecule has 3 amide bonds. The summed E-state index contributed by atoms with van der Waals surface area (Å²) in [4.78, 5) is 59.7. The molecule has 1 unspecified atom stereocenters. The molecule has 2 aliphatic heterocycles. The number of carbonyl (C=O) groups excluding carboxylic acids is 3. The van der Waals surface area contributed by atoms with Gasteiger partial charge in [-0.2, -0.15) is 10.2 Å². The molecule has 0 bridgehead atoms. The molecule has 2 saturated heterocycles. The molecule has 1 saturated carbocycles. The molecule has 3 aliphatic rings. The zero-order valence-electron chi connectivity index (χ0n) is 30.9. The summed E-state index contributed by atoms with van der Waals surface area (Å²) in [7, 11) is 3.92. The normalized spacial score (nSPS) is 21.3. The highest BCUT2D eigenvalue weighted by Crippen LogP contribution is 2.37. The molecule has 2 N–H and O–H groups in total. The Bertz CT molecular complexity index is 2260. The largest absolute Gasteiger partial charge is 0.370 e. The summed E-state index contributed by atoms with van der Waals surface area (Å²) < 4.78 is 34.2. The van der Waals surface area contributed by atoms with Crippen LogP contribution in [0, 0.1) is 5.92 Å². The topological polar surface area (TPSA) is 157 Å². The number of alkyl halides is 2. The summed E-state index contributed by atoms with van der Waals surface area (Å²) >= 11 is 0. The van der Waals surface area contributed by atoms with Crippen molar-refractivity contribution in [2.75, 3.05) is 36.9 Å². The summed E-state index contributed by atoms with van der Waals surface area (Å²) in [5.41, 5.74) is 2.29. The fraction of sp³-hybridized carbons (Fsp3) is 0.500. The van der Waals surface area contributed by atoms with Crippen LogP contribution in [0.15, 0.2) is 53.7 Å². The highest BCUT2D eigenvalue weighted by Gasteiger charge is 2.33. The number of nitrogens with zero attached hydrogens (tertiary/aromatic N) is 9. The minimum absolute atomic E-state index is 0.00818. The van der Waals surface area contributed by atoms with E-state index in [2.05, 4.69) is 42.7 Å². The van der Waals surface area contributed by atoms with Gasteiger partial charge in [-0.3, -0.25) is 33.5 Å². The molecule has 0 radical (unpaired) electrons. The lowest BCUT2D eigenvalue weighted by Gasteiger charge is -2.39. The highest BCUT2D eigenvalue weighted by atomic mass is 19.3. The Balaban J connectivity index is 0.837. The third kappa shape index (κ3) is 7.12. The number of halogens is 2. The van der Waals surface area contributed by atoms with E-state index in [4.69, 9.17) is 0 Å². The van der Waals surface area contributed by atoms with Gasteiger partial charge in [-0.25, -0.2) is 23.1 Å². The lowest BCUT2D eigenvalue weighted by atomic mass is 9.84. The number of fused-ring (bicyclic) bond motifs is 2. The summed E-state index contributed by atoms with van der Waals surface area (Å²) in [6.07, 6.45) is 8.99. The minimum atomic E-state index is -2.84. The van der Waals surface area contributed by atoms with E-state index >= 15 is 0 Å². The molecule has 1 aliphatic carbocycles.